The fourth-order valence-corrected chi connectivity index (χ4v) is 4.05. The smallest absolute Gasteiger partial charge is 0.413 e. The topological polar surface area (TPSA) is 101 Å². The minimum Gasteiger partial charge on any atom is -0.444 e. The number of nitrogens with zero attached hydrogens (tertiary/aromatic N) is 2. The monoisotopic (exact) mass is 522 g/mol. The quantitative estimate of drug-likeness (QED) is 0.513. The first-order chi connectivity index (χ1) is 16.7. The zero-order chi connectivity index (χ0) is 26.8. The Balaban J connectivity index is 1.76. The van der Waals surface area contributed by atoms with Crippen LogP contribution in [0.1, 0.15) is 51.3 Å². The molecular weight excluding hydrogens is 494 g/mol. The van der Waals surface area contributed by atoms with Crippen molar-refractivity contribution in [1.29, 1.82) is 0 Å². The van der Waals surface area contributed by atoms with Gasteiger partial charge in [-0.3, -0.25) is 14.9 Å². The molecule has 36 heavy (non-hydrogen) atoms. The van der Waals surface area contributed by atoms with Crippen molar-refractivity contribution in [2.24, 2.45) is 5.92 Å². The molecule has 0 radical (unpaired) electrons. The molecule has 0 saturated carbocycles. The van der Waals surface area contributed by atoms with Gasteiger partial charge in [-0.25, -0.2) is 18.6 Å². The van der Waals surface area contributed by atoms with Crippen molar-refractivity contribution < 1.29 is 27.9 Å². The standard InChI is InChI=1S/C25H29ClF2N4O4/c1-14-9-18(12-29-20(14)31-23(35)36-24(3,4)5)30-21(33)22(34)32-13-15(2)25(27,28)11-19(32)16-7-6-8-17(26)10-16/h6-10,12,15,19H,11,13H2,1-5H3,(H,30,33)(H,29,31,35)/t15-,19-/m0/s1. The van der Waals surface area contributed by atoms with E-state index in [0.29, 0.717) is 16.1 Å². The largest absolute Gasteiger partial charge is 0.444 e. The Kier molecular flexibility index (Phi) is 7.88. The van der Waals surface area contributed by atoms with E-state index in [1.54, 1.807) is 45.9 Å². The lowest BCUT2D eigenvalue weighted by molar-refractivity contribution is -0.159. The van der Waals surface area contributed by atoms with Gasteiger partial charge in [0.15, 0.2) is 0 Å². The van der Waals surface area contributed by atoms with Crippen LogP contribution in [-0.2, 0) is 14.3 Å². The highest BCUT2D eigenvalue weighted by atomic mass is 35.5. The number of aromatic nitrogens is 1. The van der Waals surface area contributed by atoms with E-state index in [2.05, 4.69) is 15.6 Å². The van der Waals surface area contributed by atoms with Gasteiger partial charge in [0.1, 0.15) is 11.4 Å². The van der Waals surface area contributed by atoms with Crippen molar-refractivity contribution in [3.05, 3.63) is 52.7 Å². The van der Waals surface area contributed by atoms with E-state index in [9.17, 15) is 23.2 Å². The number of ether oxygens (including phenoxy) is 1. The second kappa shape index (κ2) is 10.4. The highest BCUT2D eigenvalue weighted by molar-refractivity contribution is 6.39. The second-order valence-corrected chi connectivity index (χ2v) is 10.3. The highest BCUT2D eigenvalue weighted by Crippen LogP contribution is 2.43. The van der Waals surface area contributed by atoms with Crippen molar-refractivity contribution >= 4 is 41.0 Å². The molecule has 8 nitrogen and oxygen atoms in total. The van der Waals surface area contributed by atoms with Gasteiger partial charge < -0.3 is 15.0 Å². The van der Waals surface area contributed by atoms with Crippen LogP contribution in [0.4, 0.5) is 25.1 Å². The Morgan fingerprint density at radius 3 is 2.50 bits per heavy atom. The summed E-state index contributed by atoms with van der Waals surface area (Å²) in [5.74, 6) is -5.86. The van der Waals surface area contributed by atoms with Crippen LogP contribution in [0, 0.1) is 12.8 Å². The lowest BCUT2D eigenvalue weighted by atomic mass is 9.86. The molecule has 2 aromatic rings. The Morgan fingerprint density at radius 2 is 1.89 bits per heavy atom. The molecule has 1 aromatic heterocycles. The molecule has 0 unspecified atom stereocenters. The number of alkyl halides is 2. The number of hydrogen-bond acceptors (Lipinski definition) is 5. The number of halogens is 3. The molecule has 3 rings (SSSR count). The molecule has 0 aliphatic carbocycles. The highest BCUT2D eigenvalue weighted by Gasteiger charge is 2.48. The fraction of sp³-hybridized carbons (Fsp3) is 0.440. The summed E-state index contributed by atoms with van der Waals surface area (Å²) in [5.41, 5.74) is 0.445. The molecule has 194 valence electrons. The number of aryl methyl sites for hydroxylation is 1. The number of likely N-dealkylation sites (tertiary alicyclic amines) is 1. The van der Waals surface area contributed by atoms with Crippen molar-refractivity contribution in [2.45, 2.75) is 58.6 Å². The number of rotatable bonds is 3. The lowest BCUT2D eigenvalue weighted by Gasteiger charge is -2.42. The molecule has 1 aromatic carbocycles. The van der Waals surface area contributed by atoms with Crippen LogP contribution in [0.3, 0.4) is 0 Å². The number of amides is 3. The molecule has 2 heterocycles. The Labute approximate surface area is 213 Å². The zero-order valence-electron chi connectivity index (χ0n) is 20.7. The number of nitrogens with one attached hydrogen (secondary N) is 2. The molecule has 1 aliphatic heterocycles. The summed E-state index contributed by atoms with van der Waals surface area (Å²) in [5, 5.41) is 5.33. The van der Waals surface area contributed by atoms with Gasteiger partial charge in [0.05, 0.1) is 17.9 Å². The zero-order valence-corrected chi connectivity index (χ0v) is 21.5. The van der Waals surface area contributed by atoms with Gasteiger partial charge in [-0.2, -0.15) is 0 Å². The van der Waals surface area contributed by atoms with E-state index in [1.165, 1.54) is 25.3 Å². The van der Waals surface area contributed by atoms with Gasteiger partial charge in [-0.15, -0.1) is 0 Å². The van der Waals surface area contributed by atoms with Gasteiger partial charge in [-0.05, 0) is 57.0 Å². The van der Waals surface area contributed by atoms with Crippen LogP contribution >= 0.6 is 11.6 Å². The average Bonchev–Trinajstić information content (AvgIpc) is 2.75. The van der Waals surface area contributed by atoms with Crippen LogP contribution in [0.15, 0.2) is 36.5 Å². The SMILES string of the molecule is Cc1cc(NC(=O)C(=O)N2C[C@H](C)C(F)(F)C[C@H]2c2cccc(Cl)c2)cnc1NC(=O)OC(C)(C)C. The number of pyridine rings is 1. The number of carbonyl (C=O) groups is 3. The van der Waals surface area contributed by atoms with Gasteiger partial charge in [0.2, 0.25) is 0 Å². The maximum Gasteiger partial charge on any atom is 0.413 e. The molecule has 3 amide bonds. The van der Waals surface area contributed by atoms with Gasteiger partial charge in [0, 0.05) is 23.9 Å². The molecular formula is C25H29ClF2N4O4. The Hall–Kier alpha value is -3.27. The molecule has 1 fully saturated rings. The maximum atomic E-state index is 14.6. The number of anilines is 2. The van der Waals surface area contributed by atoms with Crippen LogP contribution in [0.5, 0.6) is 0 Å². The third-order valence-electron chi connectivity index (χ3n) is 5.68. The third kappa shape index (κ3) is 6.69. The predicted molar refractivity (Wildman–Crippen MR) is 132 cm³/mol. The van der Waals surface area contributed by atoms with Crippen molar-refractivity contribution in [3.63, 3.8) is 0 Å². The van der Waals surface area contributed by atoms with Gasteiger partial charge in [0.25, 0.3) is 5.92 Å². The predicted octanol–water partition coefficient (Wildman–Crippen LogP) is 5.57. The molecule has 1 aliphatic rings. The van der Waals surface area contributed by atoms with E-state index < -0.39 is 47.8 Å². The summed E-state index contributed by atoms with van der Waals surface area (Å²) >= 11 is 6.04. The fourth-order valence-electron chi connectivity index (χ4n) is 3.85. The first kappa shape index (κ1) is 27.3. The van der Waals surface area contributed by atoms with E-state index in [1.807, 2.05) is 0 Å². The number of benzene rings is 1. The van der Waals surface area contributed by atoms with Crippen LogP contribution in [-0.4, -0.2) is 45.9 Å². The van der Waals surface area contributed by atoms with Gasteiger partial charge in [-0.1, -0.05) is 30.7 Å². The van der Waals surface area contributed by atoms with Crippen LogP contribution < -0.4 is 10.6 Å². The van der Waals surface area contributed by atoms with Crippen LogP contribution in [0.25, 0.3) is 0 Å². The first-order valence-electron chi connectivity index (χ1n) is 11.4. The lowest BCUT2D eigenvalue weighted by Crippen LogP contribution is -2.52. The second-order valence-electron chi connectivity index (χ2n) is 9.87. The number of piperidine rings is 1. The van der Waals surface area contributed by atoms with Crippen molar-refractivity contribution in [1.82, 2.24) is 9.88 Å². The van der Waals surface area contributed by atoms with E-state index in [4.69, 9.17) is 16.3 Å². The van der Waals surface area contributed by atoms with Crippen molar-refractivity contribution in [3.8, 4) is 0 Å². The normalized spacial score (nSPS) is 19.4. The molecule has 2 atom stereocenters. The minimum atomic E-state index is -3.02. The number of hydrogen-bond donors (Lipinski definition) is 2. The minimum absolute atomic E-state index is 0.204. The molecule has 0 spiro atoms. The summed E-state index contributed by atoms with van der Waals surface area (Å²) in [4.78, 5) is 43.2. The molecule has 0 bridgehead atoms. The van der Waals surface area contributed by atoms with E-state index >= 15 is 0 Å². The summed E-state index contributed by atoms with van der Waals surface area (Å²) in [6, 6.07) is 6.83. The van der Waals surface area contributed by atoms with E-state index in [0.717, 1.165) is 4.90 Å². The summed E-state index contributed by atoms with van der Waals surface area (Å²) in [6.07, 6.45) is -0.0425. The molecule has 11 heteroatoms. The summed E-state index contributed by atoms with van der Waals surface area (Å²) in [7, 11) is 0. The van der Waals surface area contributed by atoms with Crippen LogP contribution in [0.2, 0.25) is 5.02 Å². The van der Waals surface area contributed by atoms with Crippen molar-refractivity contribution in [2.75, 3.05) is 17.2 Å². The van der Waals surface area contributed by atoms with Gasteiger partial charge >= 0.3 is 17.9 Å². The number of carbonyl (C=O) groups excluding carboxylic acids is 3. The average molecular weight is 523 g/mol. The Bertz CT molecular complexity index is 1170. The third-order valence-corrected chi connectivity index (χ3v) is 5.91. The summed E-state index contributed by atoms with van der Waals surface area (Å²) < 4.78 is 34.3. The van der Waals surface area contributed by atoms with E-state index in [-0.39, 0.29) is 18.1 Å². The molecule has 1 saturated heterocycles. The maximum absolute atomic E-state index is 14.6. The Morgan fingerprint density at radius 1 is 1.19 bits per heavy atom. The molecule has 2 N–H and O–H groups in total. The first-order valence-corrected chi connectivity index (χ1v) is 11.8. The summed E-state index contributed by atoms with van der Waals surface area (Å²) in [6.45, 7) is 7.88.